The number of fused-ring (bicyclic) bond motifs is 1. The van der Waals surface area contributed by atoms with E-state index in [4.69, 9.17) is 5.73 Å². The largest absolute Gasteiger partial charge is 0.392 e. The van der Waals surface area contributed by atoms with E-state index in [2.05, 4.69) is 0 Å². The first-order chi connectivity index (χ1) is 7.22. The van der Waals surface area contributed by atoms with Crippen LogP contribution in [0.3, 0.4) is 0 Å². The summed E-state index contributed by atoms with van der Waals surface area (Å²) in [4.78, 5) is 10.8. The summed E-state index contributed by atoms with van der Waals surface area (Å²) in [5.41, 5.74) is 6.82. The van der Waals surface area contributed by atoms with Gasteiger partial charge < -0.3 is 15.4 Å². The van der Waals surface area contributed by atoms with E-state index in [-0.39, 0.29) is 19.1 Å². The van der Waals surface area contributed by atoms with Crippen LogP contribution in [0.1, 0.15) is 5.56 Å². The highest BCUT2D eigenvalue weighted by Gasteiger charge is 2.06. The lowest BCUT2D eigenvalue weighted by atomic mass is 10.1. The first kappa shape index (κ1) is 9.73. The Morgan fingerprint density at radius 3 is 2.87 bits per heavy atom. The molecule has 0 unspecified atom stereocenters. The van der Waals surface area contributed by atoms with Crippen LogP contribution in [0.25, 0.3) is 10.9 Å². The highest BCUT2D eigenvalue weighted by Crippen LogP contribution is 2.20. The molecule has 1 amide bonds. The zero-order valence-corrected chi connectivity index (χ0v) is 8.18. The molecule has 0 aliphatic heterocycles. The number of nitrogens with two attached hydrogens (primary N) is 1. The van der Waals surface area contributed by atoms with E-state index in [0.717, 1.165) is 16.5 Å². The highest BCUT2D eigenvalue weighted by atomic mass is 16.3. The summed E-state index contributed by atoms with van der Waals surface area (Å²) in [6, 6.07) is 7.55. The smallest absolute Gasteiger partial charge is 0.237 e. The molecule has 0 saturated heterocycles. The Hall–Kier alpha value is -1.81. The number of primary amides is 1. The lowest BCUT2D eigenvalue weighted by Gasteiger charge is -2.05. The van der Waals surface area contributed by atoms with Gasteiger partial charge in [-0.25, -0.2) is 0 Å². The maximum atomic E-state index is 10.8. The summed E-state index contributed by atoms with van der Waals surface area (Å²) in [6.45, 7) is 0.0978. The molecule has 78 valence electrons. The molecule has 2 aromatic rings. The molecule has 0 atom stereocenters. The van der Waals surface area contributed by atoms with Gasteiger partial charge >= 0.3 is 0 Å². The molecule has 15 heavy (non-hydrogen) atoms. The van der Waals surface area contributed by atoms with Crippen LogP contribution in [0.2, 0.25) is 0 Å². The molecule has 0 aliphatic rings. The van der Waals surface area contributed by atoms with Crippen LogP contribution < -0.4 is 5.73 Å². The summed E-state index contributed by atoms with van der Waals surface area (Å²) >= 11 is 0. The summed E-state index contributed by atoms with van der Waals surface area (Å²) in [5, 5.41) is 10.2. The molecule has 2 rings (SSSR count). The van der Waals surface area contributed by atoms with E-state index in [1.807, 2.05) is 24.3 Å². The number of amides is 1. The van der Waals surface area contributed by atoms with Gasteiger partial charge in [0.05, 0.1) is 12.1 Å². The summed E-state index contributed by atoms with van der Waals surface area (Å²) in [7, 11) is 0. The first-order valence-corrected chi connectivity index (χ1v) is 4.68. The van der Waals surface area contributed by atoms with Crippen molar-refractivity contribution in [1.82, 2.24) is 4.57 Å². The van der Waals surface area contributed by atoms with Gasteiger partial charge in [-0.3, -0.25) is 4.79 Å². The zero-order valence-electron chi connectivity index (χ0n) is 8.18. The number of benzene rings is 1. The van der Waals surface area contributed by atoms with Crippen molar-refractivity contribution in [2.75, 3.05) is 0 Å². The van der Waals surface area contributed by atoms with E-state index in [9.17, 15) is 9.90 Å². The number of nitrogens with zero attached hydrogens (tertiary/aromatic N) is 1. The van der Waals surface area contributed by atoms with Gasteiger partial charge in [0, 0.05) is 11.8 Å². The Morgan fingerprint density at radius 1 is 1.40 bits per heavy atom. The number of aliphatic hydroxyl groups is 1. The topological polar surface area (TPSA) is 68.2 Å². The quantitative estimate of drug-likeness (QED) is 0.769. The minimum absolute atomic E-state index is 0.0416. The Bertz CT molecular complexity index is 502. The number of hydrogen-bond donors (Lipinski definition) is 2. The van der Waals surface area contributed by atoms with Crippen LogP contribution in [0.5, 0.6) is 0 Å². The van der Waals surface area contributed by atoms with Crippen molar-refractivity contribution in [2.24, 2.45) is 5.73 Å². The minimum Gasteiger partial charge on any atom is -0.392 e. The second-order valence-electron chi connectivity index (χ2n) is 3.42. The lowest BCUT2D eigenvalue weighted by molar-refractivity contribution is -0.118. The molecule has 3 N–H and O–H groups in total. The molecule has 0 aliphatic carbocycles. The van der Waals surface area contributed by atoms with Crippen molar-refractivity contribution in [1.29, 1.82) is 0 Å². The zero-order chi connectivity index (χ0) is 10.8. The van der Waals surface area contributed by atoms with Gasteiger partial charge in [-0.2, -0.15) is 0 Å². The van der Waals surface area contributed by atoms with E-state index in [1.165, 1.54) is 0 Å². The van der Waals surface area contributed by atoms with Gasteiger partial charge in [0.15, 0.2) is 0 Å². The van der Waals surface area contributed by atoms with Crippen LogP contribution in [-0.4, -0.2) is 15.6 Å². The SMILES string of the molecule is NC(=O)Cn1ccc2cccc(CO)c21. The molecule has 0 saturated carbocycles. The maximum absolute atomic E-state index is 10.8. The van der Waals surface area contributed by atoms with Crippen LogP contribution in [0.4, 0.5) is 0 Å². The molecule has 4 nitrogen and oxygen atoms in total. The fourth-order valence-electron chi connectivity index (χ4n) is 1.77. The lowest BCUT2D eigenvalue weighted by Crippen LogP contribution is -2.18. The van der Waals surface area contributed by atoms with Gasteiger partial charge in [0.25, 0.3) is 0 Å². The molecule has 1 heterocycles. The number of rotatable bonds is 3. The molecule has 0 fully saturated rings. The highest BCUT2D eigenvalue weighted by molar-refractivity contribution is 5.85. The molecular formula is C11H12N2O2. The maximum Gasteiger partial charge on any atom is 0.237 e. The van der Waals surface area contributed by atoms with Crippen LogP contribution in [-0.2, 0) is 17.9 Å². The third-order valence-corrected chi connectivity index (χ3v) is 2.37. The second-order valence-corrected chi connectivity index (χ2v) is 3.42. The summed E-state index contributed by atoms with van der Waals surface area (Å²) in [6.07, 6.45) is 1.80. The predicted molar refractivity (Wildman–Crippen MR) is 57.1 cm³/mol. The van der Waals surface area contributed by atoms with Crippen molar-refractivity contribution < 1.29 is 9.90 Å². The first-order valence-electron chi connectivity index (χ1n) is 4.68. The monoisotopic (exact) mass is 204 g/mol. The van der Waals surface area contributed by atoms with Crippen molar-refractivity contribution in [3.8, 4) is 0 Å². The number of carbonyl (C=O) groups is 1. The van der Waals surface area contributed by atoms with E-state index in [0.29, 0.717) is 0 Å². The minimum atomic E-state index is -0.389. The molecule has 1 aromatic carbocycles. The third-order valence-electron chi connectivity index (χ3n) is 2.37. The van der Waals surface area contributed by atoms with E-state index < -0.39 is 0 Å². The Morgan fingerprint density at radius 2 is 2.20 bits per heavy atom. The molecule has 4 heteroatoms. The number of hydrogen-bond acceptors (Lipinski definition) is 2. The number of carbonyl (C=O) groups excluding carboxylic acids is 1. The Labute approximate surface area is 86.9 Å². The molecular weight excluding hydrogens is 192 g/mol. The third kappa shape index (κ3) is 1.71. The molecule has 0 bridgehead atoms. The number of aliphatic hydroxyl groups excluding tert-OH is 1. The molecule has 0 radical (unpaired) electrons. The molecule has 1 aromatic heterocycles. The van der Waals surface area contributed by atoms with Gasteiger partial charge in [-0.1, -0.05) is 18.2 Å². The molecule has 0 spiro atoms. The average Bonchev–Trinajstić information content (AvgIpc) is 2.61. The van der Waals surface area contributed by atoms with Crippen LogP contribution in [0, 0.1) is 0 Å². The Kier molecular flexibility index (Phi) is 2.43. The van der Waals surface area contributed by atoms with Gasteiger partial charge in [-0.15, -0.1) is 0 Å². The Balaban J connectivity index is 2.60. The predicted octanol–water partition coefficient (Wildman–Crippen LogP) is 0.619. The standard InChI is InChI=1S/C11H12N2O2/c12-10(15)6-13-5-4-8-2-1-3-9(7-14)11(8)13/h1-5,14H,6-7H2,(H2,12,15). The summed E-state index contributed by atoms with van der Waals surface area (Å²) in [5.74, 6) is -0.389. The van der Waals surface area contributed by atoms with Crippen molar-refractivity contribution in [3.05, 3.63) is 36.0 Å². The van der Waals surface area contributed by atoms with Crippen molar-refractivity contribution in [3.63, 3.8) is 0 Å². The van der Waals surface area contributed by atoms with E-state index >= 15 is 0 Å². The van der Waals surface area contributed by atoms with Crippen LogP contribution >= 0.6 is 0 Å². The van der Waals surface area contributed by atoms with Crippen molar-refractivity contribution >= 4 is 16.8 Å². The fraction of sp³-hybridized carbons (Fsp3) is 0.182. The van der Waals surface area contributed by atoms with Crippen molar-refractivity contribution in [2.45, 2.75) is 13.2 Å². The normalized spacial score (nSPS) is 10.7. The van der Waals surface area contributed by atoms with Crippen LogP contribution in [0.15, 0.2) is 30.5 Å². The number of para-hydroxylation sites is 1. The van der Waals surface area contributed by atoms with Gasteiger partial charge in [0.1, 0.15) is 6.54 Å². The number of aromatic nitrogens is 1. The average molecular weight is 204 g/mol. The summed E-state index contributed by atoms with van der Waals surface area (Å²) < 4.78 is 1.75. The fourth-order valence-corrected chi connectivity index (χ4v) is 1.77. The van der Waals surface area contributed by atoms with Gasteiger partial charge in [0.2, 0.25) is 5.91 Å². The second kappa shape index (κ2) is 3.74. The van der Waals surface area contributed by atoms with Gasteiger partial charge in [-0.05, 0) is 11.5 Å². The van der Waals surface area contributed by atoms with E-state index in [1.54, 1.807) is 10.8 Å².